The van der Waals surface area contributed by atoms with Crippen molar-refractivity contribution in [2.75, 3.05) is 7.11 Å². The fourth-order valence-electron chi connectivity index (χ4n) is 1.84. The van der Waals surface area contributed by atoms with Crippen LogP contribution in [0.3, 0.4) is 0 Å². The molecule has 0 aliphatic rings. The number of nitrogens with one attached hydrogen (secondary N) is 1. The van der Waals surface area contributed by atoms with Gasteiger partial charge < -0.3 is 15.2 Å². The molecule has 6 heteroatoms. The lowest BCUT2D eigenvalue weighted by molar-refractivity contribution is -0.139. The summed E-state index contributed by atoms with van der Waals surface area (Å²) in [7, 11) is 1.25. The largest absolute Gasteiger partial charge is 0.480 e. The molecule has 0 aliphatic heterocycles. The first-order chi connectivity index (χ1) is 9.85. The van der Waals surface area contributed by atoms with Crippen molar-refractivity contribution in [3.63, 3.8) is 0 Å². The van der Waals surface area contributed by atoms with Crippen molar-refractivity contribution < 1.29 is 24.2 Å². The molecule has 0 saturated carbocycles. The quantitative estimate of drug-likeness (QED) is 0.779. The average molecular weight is 293 g/mol. The van der Waals surface area contributed by atoms with Crippen molar-refractivity contribution >= 4 is 17.8 Å². The SMILES string of the molecule is COC(=O)c1cccc(C(=O)N[C@H](CC(C)C)C(=O)O)c1. The second-order valence-corrected chi connectivity index (χ2v) is 5.07. The zero-order valence-electron chi connectivity index (χ0n) is 12.3. The maximum Gasteiger partial charge on any atom is 0.337 e. The summed E-state index contributed by atoms with van der Waals surface area (Å²) in [5.74, 6) is -2.04. The normalized spacial score (nSPS) is 11.8. The van der Waals surface area contributed by atoms with Gasteiger partial charge in [0.1, 0.15) is 6.04 Å². The third-order valence-electron chi connectivity index (χ3n) is 2.86. The number of hydrogen-bond acceptors (Lipinski definition) is 4. The number of ether oxygens (including phenoxy) is 1. The molecule has 0 radical (unpaired) electrons. The molecule has 21 heavy (non-hydrogen) atoms. The Balaban J connectivity index is 2.87. The van der Waals surface area contributed by atoms with Gasteiger partial charge in [-0.15, -0.1) is 0 Å². The molecule has 1 rings (SSSR count). The lowest BCUT2D eigenvalue weighted by atomic mass is 10.0. The fourth-order valence-corrected chi connectivity index (χ4v) is 1.84. The lowest BCUT2D eigenvalue weighted by Crippen LogP contribution is -2.41. The number of carboxylic acid groups (broad SMARTS) is 1. The Kier molecular flexibility index (Phi) is 5.90. The van der Waals surface area contributed by atoms with Crippen molar-refractivity contribution in [1.29, 1.82) is 0 Å². The lowest BCUT2D eigenvalue weighted by Gasteiger charge is -2.16. The highest BCUT2D eigenvalue weighted by atomic mass is 16.5. The summed E-state index contributed by atoms with van der Waals surface area (Å²) in [6, 6.07) is 4.98. The second kappa shape index (κ2) is 7.42. The standard InChI is InChI=1S/C15H19NO5/c1-9(2)7-12(14(18)19)16-13(17)10-5-4-6-11(8-10)15(20)21-3/h4-6,8-9,12H,7H2,1-3H3,(H,16,17)(H,18,19)/t12-/m1/s1. The number of carbonyl (C=O) groups is 3. The molecule has 0 fully saturated rings. The Morgan fingerprint density at radius 3 is 2.38 bits per heavy atom. The Hall–Kier alpha value is -2.37. The molecule has 1 amide bonds. The minimum atomic E-state index is -1.08. The van der Waals surface area contributed by atoms with E-state index in [1.165, 1.54) is 25.3 Å². The molecule has 1 aromatic carbocycles. The Morgan fingerprint density at radius 2 is 1.86 bits per heavy atom. The predicted octanol–water partition coefficient (Wildman–Crippen LogP) is 1.70. The van der Waals surface area contributed by atoms with Gasteiger partial charge in [-0.3, -0.25) is 4.79 Å². The molecule has 0 heterocycles. The van der Waals surface area contributed by atoms with Crippen LogP contribution in [0.5, 0.6) is 0 Å². The summed E-state index contributed by atoms with van der Waals surface area (Å²) in [5, 5.41) is 11.6. The van der Waals surface area contributed by atoms with Crippen molar-refractivity contribution in [3.05, 3.63) is 35.4 Å². The van der Waals surface area contributed by atoms with E-state index in [4.69, 9.17) is 5.11 Å². The molecule has 1 aromatic rings. The molecule has 2 N–H and O–H groups in total. The van der Waals surface area contributed by atoms with Crippen LogP contribution >= 0.6 is 0 Å². The van der Waals surface area contributed by atoms with Gasteiger partial charge >= 0.3 is 11.9 Å². The third kappa shape index (κ3) is 4.91. The van der Waals surface area contributed by atoms with Crippen LogP contribution in [0.4, 0.5) is 0 Å². The van der Waals surface area contributed by atoms with Crippen LogP contribution in [0.15, 0.2) is 24.3 Å². The topological polar surface area (TPSA) is 92.7 Å². The van der Waals surface area contributed by atoms with Gasteiger partial charge in [-0.2, -0.15) is 0 Å². The Labute approximate surface area is 123 Å². The number of hydrogen-bond donors (Lipinski definition) is 2. The summed E-state index contributed by atoms with van der Waals surface area (Å²) in [6.45, 7) is 3.75. The summed E-state index contributed by atoms with van der Waals surface area (Å²) in [5.41, 5.74) is 0.453. The summed E-state index contributed by atoms with van der Waals surface area (Å²) >= 11 is 0. The van der Waals surface area contributed by atoms with Gasteiger partial charge in [0.15, 0.2) is 0 Å². The van der Waals surface area contributed by atoms with Gasteiger partial charge in [0.25, 0.3) is 5.91 Å². The number of benzene rings is 1. The van der Waals surface area contributed by atoms with Crippen LogP contribution in [-0.2, 0) is 9.53 Å². The van der Waals surface area contributed by atoms with Crippen molar-refractivity contribution in [2.24, 2.45) is 5.92 Å². The first kappa shape index (κ1) is 16.7. The van der Waals surface area contributed by atoms with Gasteiger partial charge in [-0.1, -0.05) is 19.9 Å². The first-order valence-corrected chi connectivity index (χ1v) is 6.57. The van der Waals surface area contributed by atoms with Crippen molar-refractivity contribution in [3.8, 4) is 0 Å². The minimum Gasteiger partial charge on any atom is -0.480 e. The molecule has 1 atom stereocenters. The van der Waals surface area contributed by atoms with Gasteiger partial charge in [0.05, 0.1) is 12.7 Å². The number of amides is 1. The molecule has 0 spiro atoms. The third-order valence-corrected chi connectivity index (χ3v) is 2.86. The van der Waals surface area contributed by atoms with Crippen LogP contribution < -0.4 is 5.32 Å². The molecular weight excluding hydrogens is 274 g/mol. The molecule has 0 aromatic heterocycles. The first-order valence-electron chi connectivity index (χ1n) is 6.57. The van der Waals surface area contributed by atoms with E-state index in [-0.39, 0.29) is 17.0 Å². The minimum absolute atomic E-state index is 0.132. The highest BCUT2D eigenvalue weighted by molar-refractivity contribution is 5.99. The van der Waals surface area contributed by atoms with Gasteiger partial charge in [0.2, 0.25) is 0 Å². The van der Waals surface area contributed by atoms with Crippen LogP contribution in [0.25, 0.3) is 0 Å². The number of carboxylic acids is 1. The maximum absolute atomic E-state index is 12.1. The van der Waals surface area contributed by atoms with E-state index in [0.29, 0.717) is 6.42 Å². The average Bonchev–Trinajstić information content (AvgIpc) is 2.45. The van der Waals surface area contributed by atoms with Gasteiger partial charge in [0, 0.05) is 5.56 Å². The molecule has 6 nitrogen and oxygen atoms in total. The van der Waals surface area contributed by atoms with Crippen molar-refractivity contribution in [1.82, 2.24) is 5.32 Å². The highest BCUT2D eigenvalue weighted by Gasteiger charge is 2.22. The summed E-state index contributed by atoms with van der Waals surface area (Å²) < 4.78 is 4.58. The van der Waals surface area contributed by atoms with E-state index >= 15 is 0 Å². The van der Waals surface area contributed by atoms with Crippen LogP contribution in [-0.4, -0.2) is 36.1 Å². The van der Waals surface area contributed by atoms with E-state index in [0.717, 1.165) is 0 Å². The van der Waals surface area contributed by atoms with Crippen molar-refractivity contribution in [2.45, 2.75) is 26.3 Å². The van der Waals surface area contributed by atoms with Crippen LogP contribution in [0.2, 0.25) is 0 Å². The zero-order valence-corrected chi connectivity index (χ0v) is 12.3. The molecular formula is C15H19NO5. The van der Waals surface area contributed by atoms with E-state index in [9.17, 15) is 14.4 Å². The van der Waals surface area contributed by atoms with E-state index in [2.05, 4.69) is 10.1 Å². The molecule has 0 unspecified atom stereocenters. The van der Waals surface area contributed by atoms with E-state index in [1.807, 2.05) is 13.8 Å². The molecule has 0 aliphatic carbocycles. The number of methoxy groups -OCH3 is 1. The fraction of sp³-hybridized carbons (Fsp3) is 0.400. The summed E-state index contributed by atoms with van der Waals surface area (Å²) in [4.78, 5) is 34.6. The van der Waals surface area contributed by atoms with Crippen LogP contribution in [0, 0.1) is 5.92 Å². The number of rotatable bonds is 6. The van der Waals surface area contributed by atoms with E-state index in [1.54, 1.807) is 6.07 Å². The number of esters is 1. The smallest absolute Gasteiger partial charge is 0.337 e. The Bertz CT molecular complexity index is 539. The van der Waals surface area contributed by atoms with Crippen LogP contribution in [0.1, 0.15) is 41.0 Å². The van der Waals surface area contributed by atoms with E-state index < -0.39 is 23.9 Å². The monoisotopic (exact) mass is 293 g/mol. The predicted molar refractivity (Wildman–Crippen MR) is 76.1 cm³/mol. The number of carbonyl (C=O) groups excluding carboxylic acids is 2. The zero-order chi connectivity index (χ0) is 16.0. The molecule has 0 bridgehead atoms. The second-order valence-electron chi connectivity index (χ2n) is 5.07. The van der Waals surface area contributed by atoms with Gasteiger partial charge in [-0.05, 0) is 30.5 Å². The molecule has 0 saturated heterocycles. The Morgan fingerprint density at radius 1 is 1.24 bits per heavy atom. The highest BCUT2D eigenvalue weighted by Crippen LogP contribution is 2.09. The number of aliphatic carboxylic acids is 1. The maximum atomic E-state index is 12.1. The molecule has 114 valence electrons. The summed E-state index contributed by atoms with van der Waals surface area (Å²) in [6.07, 6.45) is 0.331. The van der Waals surface area contributed by atoms with Gasteiger partial charge in [-0.25, -0.2) is 9.59 Å².